The number of hydrogen-bond donors (Lipinski definition) is 2. The molecule has 102 valence electrons. The first-order valence-corrected chi connectivity index (χ1v) is 6.88. The second-order valence-electron chi connectivity index (χ2n) is 4.57. The minimum absolute atomic E-state index is 0.0818. The third-order valence-electron chi connectivity index (χ3n) is 3.28. The van der Waals surface area contributed by atoms with E-state index in [0.717, 1.165) is 19.3 Å². The molecule has 19 heavy (non-hydrogen) atoms. The van der Waals surface area contributed by atoms with Crippen molar-refractivity contribution in [2.24, 2.45) is 5.73 Å². The number of aromatic hydroxyl groups is 1. The Balaban J connectivity index is 2.31. The molecule has 4 nitrogen and oxygen atoms in total. The van der Waals surface area contributed by atoms with Gasteiger partial charge in [-0.2, -0.15) is 0 Å². The molecule has 0 saturated carbocycles. The van der Waals surface area contributed by atoms with Crippen molar-refractivity contribution in [1.82, 2.24) is 4.90 Å². The summed E-state index contributed by atoms with van der Waals surface area (Å²) in [4.78, 5) is 14.4. The van der Waals surface area contributed by atoms with Crippen molar-refractivity contribution < 1.29 is 9.90 Å². The summed E-state index contributed by atoms with van der Waals surface area (Å²) in [6.07, 6.45) is 2.67. The van der Waals surface area contributed by atoms with E-state index in [1.54, 1.807) is 4.90 Å². The van der Waals surface area contributed by atoms with Gasteiger partial charge in [0.25, 0.3) is 5.91 Å². The van der Waals surface area contributed by atoms with Crippen LogP contribution in [0.2, 0.25) is 5.02 Å². The van der Waals surface area contributed by atoms with Gasteiger partial charge in [0.1, 0.15) is 5.75 Å². The van der Waals surface area contributed by atoms with Gasteiger partial charge in [-0.25, -0.2) is 0 Å². The van der Waals surface area contributed by atoms with Crippen LogP contribution in [0.5, 0.6) is 5.75 Å². The summed E-state index contributed by atoms with van der Waals surface area (Å²) in [5.74, 6) is -0.362. The Morgan fingerprint density at radius 1 is 1.47 bits per heavy atom. The van der Waals surface area contributed by atoms with Gasteiger partial charge in [0.15, 0.2) is 0 Å². The van der Waals surface area contributed by atoms with E-state index in [-0.39, 0.29) is 23.3 Å². The van der Waals surface area contributed by atoms with E-state index in [1.165, 1.54) is 18.2 Å². The Labute approximate surface area is 122 Å². The van der Waals surface area contributed by atoms with Crippen molar-refractivity contribution in [3.8, 4) is 5.75 Å². The number of carbonyl (C=O) groups is 1. The van der Waals surface area contributed by atoms with Gasteiger partial charge in [0.2, 0.25) is 0 Å². The van der Waals surface area contributed by atoms with Crippen molar-refractivity contribution >= 4 is 34.7 Å². The third kappa shape index (κ3) is 2.98. The van der Waals surface area contributed by atoms with Gasteiger partial charge in [0.05, 0.1) is 16.6 Å². The van der Waals surface area contributed by atoms with Gasteiger partial charge >= 0.3 is 0 Å². The number of hydrogen-bond acceptors (Lipinski definition) is 3. The van der Waals surface area contributed by atoms with E-state index in [9.17, 15) is 9.90 Å². The Morgan fingerprint density at radius 3 is 2.89 bits per heavy atom. The first-order valence-electron chi connectivity index (χ1n) is 6.09. The summed E-state index contributed by atoms with van der Waals surface area (Å²) >= 11 is 10.9. The normalized spacial score (nSPS) is 19.2. The molecule has 1 aliphatic rings. The van der Waals surface area contributed by atoms with Crippen LogP contribution in [-0.2, 0) is 0 Å². The number of phenols is 1. The third-order valence-corrected chi connectivity index (χ3v) is 3.79. The van der Waals surface area contributed by atoms with E-state index in [4.69, 9.17) is 29.6 Å². The van der Waals surface area contributed by atoms with Gasteiger partial charge in [0, 0.05) is 11.6 Å². The average Bonchev–Trinajstić information content (AvgIpc) is 2.40. The van der Waals surface area contributed by atoms with E-state index < -0.39 is 0 Å². The number of phenolic OH excluding ortho intramolecular Hbond substituents is 1. The van der Waals surface area contributed by atoms with Gasteiger partial charge < -0.3 is 15.7 Å². The molecule has 2 rings (SSSR count). The van der Waals surface area contributed by atoms with Crippen molar-refractivity contribution in [2.75, 3.05) is 6.54 Å². The summed E-state index contributed by atoms with van der Waals surface area (Å²) in [6.45, 7) is 0.590. The van der Waals surface area contributed by atoms with Crippen molar-refractivity contribution in [2.45, 2.75) is 25.3 Å². The standard InChI is InChI=1S/C13H15ClN2O2S/c14-8-4-5-11(17)9(7-8)13(18)16-6-2-1-3-10(16)12(15)19/h4-5,7,10,17H,1-3,6H2,(H2,15,19). The van der Waals surface area contributed by atoms with Gasteiger partial charge in [-0.3, -0.25) is 4.79 Å². The molecule has 1 aromatic carbocycles. The monoisotopic (exact) mass is 298 g/mol. The smallest absolute Gasteiger partial charge is 0.258 e. The largest absolute Gasteiger partial charge is 0.507 e. The fourth-order valence-electron chi connectivity index (χ4n) is 2.30. The molecular formula is C13H15ClN2O2S. The van der Waals surface area contributed by atoms with E-state index in [1.807, 2.05) is 0 Å². The average molecular weight is 299 g/mol. The molecule has 0 radical (unpaired) electrons. The molecule has 3 N–H and O–H groups in total. The van der Waals surface area contributed by atoms with Crippen LogP contribution >= 0.6 is 23.8 Å². The Morgan fingerprint density at radius 2 is 2.21 bits per heavy atom. The zero-order valence-corrected chi connectivity index (χ0v) is 11.9. The number of piperidine rings is 1. The zero-order chi connectivity index (χ0) is 14.0. The molecule has 0 bridgehead atoms. The molecule has 1 amide bonds. The lowest BCUT2D eigenvalue weighted by atomic mass is 10.0. The number of nitrogens with two attached hydrogens (primary N) is 1. The molecular weight excluding hydrogens is 284 g/mol. The lowest BCUT2D eigenvalue weighted by Crippen LogP contribution is -2.49. The molecule has 1 aromatic rings. The van der Waals surface area contributed by atoms with Gasteiger partial charge in [-0.15, -0.1) is 0 Å². The number of carbonyl (C=O) groups excluding carboxylic acids is 1. The predicted molar refractivity (Wildman–Crippen MR) is 78.6 cm³/mol. The fourth-order valence-corrected chi connectivity index (χ4v) is 2.72. The molecule has 1 fully saturated rings. The first-order chi connectivity index (χ1) is 9.00. The number of halogens is 1. The second-order valence-corrected chi connectivity index (χ2v) is 5.48. The zero-order valence-electron chi connectivity index (χ0n) is 10.3. The predicted octanol–water partition coefficient (Wildman–Crippen LogP) is 2.33. The molecule has 1 saturated heterocycles. The van der Waals surface area contributed by atoms with Crippen molar-refractivity contribution in [3.63, 3.8) is 0 Å². The highest BCUT2D eigenvalue weighted by molar-refractivity contribution is 7.80. The maximum atomic E-state index is 12.5. The number of rotatable bonds is 2. The highest BCUT2D eigenvalue weighted by atomic mass is 35.5. The maximum absolute atomic E-state index is 12.5. The Hall–Kier alpha value is -1.33. The van der Waals surface area contributed by atoms with Crippen LogP contribution in [0.4, 0.5) is 0 Å². The summed E-state index contributed by atoms with van der Waals surface area (Å²) in [6, 6.07) is 4.17. The van der Waals surface area contributed by atoms with Crippen LogP contribution in [0.1, 0.15) is 29.6 Å². The highest BCUT2D eigenvalue weighted by Gasteiger charge is 2.30. The number of benzene rings is 1. The van der Waals surface area contributed by atoms with Crippen LogP contribution in [-0.4, -0.2) is 33.5 Å². The SMILES string of the molecule is NC(=S)C1CCCCN1C(=O)c1cc(Cl)ccc1O. The van der Waals surface area contributed by atoms with E-state index in [0.29, 0.717) is 16.6 Å². The number of likely N-dealkylation sites (tertiary alicyclic amines) is 1. The van der Waals surface area contributed by atoms with Crippen LogP contribution in [0, 0.1) is 0 Å². The summed E-state index contributed by atoms with van der Waals surface area (Å²) in [7, 11) is 0. The van der Waals surface area contributed by atoms with Crippen LogP contribution in [0.25, 0.3) is 0 Å². The minimum atomic E-state index is -0.280. The Bertz CT molecular complexity index is 521. The number of thiocarbonyl (C=S) groups is 1. The molecule has 0 spiro atoms. The van der Waals surface area contributed by atoms with E-state index >= 15 is 0 Å². The van der Waals surface area contributed by atoms with Crippen molar-refractivity contribution in [1.29, 1.82) is 0 Å². The van der Waals surface area contributed by atoms with Gasteiger partial charge in [-0.05, 0) is 37.5 Å². The maximum Gasteiger partial charge on any atom is 0.258 e. The highest BCUT2D eigenvalue weighted by Crippen LogP contribution is 2.26. The molecule has 6 heteroatoms. The lowest BCUT2D eigenvalue weighted by Gasteiger charge is -2.35. The topological polar surface area (TPSA) is 66.6 Å². The summed E-state index contributed by atoms with van der Waals surface area (Å²) in [5, 5.41) is 10.2. The van der Waals surface area contributed by atoms with Gasteiger partial charge in [-0.1, -0.05) is 23.8 Å². The molecule has 1 heterocycles. The molecule has 0 aliphatic carbocycles. The first kappa shape index (κ1) is 14.1. The molecule has 1 unspecified atom stereocenters. The Kier molecular flexibility index (Phi) is 4.27. The van der Waals surface area contributed by atoms with Crippen LogP contribution in [0.15, 0.2) is 18.2 Å². The van der Waals surface area contributed by atoms with Crippen LogP contribution < -0.4 is 5.73 Å². The molecule has 1 atom stereocenters. The minimum Gasteiger partial charge on any atom is -0.507 e. The lowest BCUT2D eigenvalue weighted by molar-refractivity contribution is 0.0678. The quantitative estimate of drug-likeness (QED) is 0.822. The van der Waals surface area contributed by atoms with E-state index in [2.05, 4.69) is 0 Å². The summed E-state index contributed by atoms with van der Waals surface area (Å²) in [5.41, 5.74) is 5.88. The molecule has 0 aromatic heterocycles. The van der Waals surface area contributed by atoms with Crippen LogP contribution in [0.3, 0.4) is 0 Å². The number of nitrogens with zero attached hydrogens (tertiary/aromatic N) is 1. The second kappa shape index (κ2) is 5.75. The summed E-state index contributed by atoms with van der Waals surface area (Å²) < 4.78 is 0. The molecule has 1 aliphatic heterocycles. The number of amides is 1. The fraction of sp³-hybridized carbons (Fsp3) is 0.385. The van der Waals surface area contributed by atoms with Crippen molar-refractivity contribution in [3.05, 3.63) is 28.8 Å².